The van der Waals surface area contributed by atoms with Crippen LogP contribution in [0.5, 0.6) is 0 Å². The van der Waals surface area contributed by atoms with Crippen LogP contribution in [0.25, 0.3) is 0 Å². The molecular formula is C9H17NO3. The summed E-state index contributed by atoms with van der Waals surface area (Å²) in [6.45, 7) is 3.79. The minimum atomic E-state index is -0.390. The highest BCUT2D eigenvalue weighted by Gasteiger charge is 2.37. The Bertz CT molecular complexity index is 178. The molecule has 0 aromatic heterocycles. The summed E-state index contributed by atoms with van der Waals surface area (Å²) >= 11 is 0. The van der Waals surface area contributed by atoms with Crippen LogP contribution in [0.15, 0.2) is 0 Å². The van der Waals surface area contributed by atoms with Crippen molar-refractivity contribution >= 4 is 5.78 Å². The summed E-state index contributed by atoms with van der Waals surface area (Å²) in [5.41, 5.74) is 0. The Hall–Kier alpha value is -0.450. The molecule has 4 heteroatoms. The maximum atomic E-state index is 11.5. The van der Waals surface area contributed by atoms with Gasteiger partial charge in [0.25, 0.3) is 0 Å². The van der Waals surface area contributed by atoms with E-state index in [4.69, 9.17) is 9.47 Å². The zero-order valence-electron chi connectivity index (χ0n) is 8.37. The fourth-order valence-electron chi connectivity index (χ4n) is 1.40. The molecule has 1 rings (SSSR count). The van der Waals surface area contributed by atoms with Crippen LogP contribution in [0.3, 0.4) is 0 Å². The van der Waals surface area contributed by atoms with Gasteiger partial charge >= 0.3 is 0 Å². The molecule has 1 unspecified atom stereocenters. The Kier molecular flexibility index (Phi) is 3.84. The number of hydrogen-bond acceptors (Lipinski definition) is 4. The first-order chi connectivity index (χ1) is 6.19. The SMILES string of the molecule is CCCC(=O)C(NC)C1OC(C)O1. The second kappa shape index (κ2) is 4.69. The average molecular weight is 187 g/mol. The number of likely N-dealkylation sites (N-methyl/N-ethyl adjacent to an activating group) is 1. The number of ether oxygens (including phenoxy) is 2. The fourth-order valence-corrected chi connectivity index (χ4v) is 1.40. The smallest absolute Gasteiger partial charge is 0.186 e. The lowest BCUT2D eigenvalue weighted by atomic mass is 10.1. The van der Waals surface area contributed by atoms with Gasteiger partial charge in [0, 0.05) is 6.42 Å². The molecule has 1 saturated heterocycles. The van der Waals surface area contributed by atoms with Crippen LogP contribution < -0.4 is 5.32 Å². The zero-order chi connectivity index (χ0) is 9.84. The largest absolute Gasteiger partial charge is 0.322 e. The number of carbonyl (C=O) groups excluding carboxylic acids is 1. The minimum Gasteiger partial charge on any atom is -0.322 e. The van der Waals surface area contributed by atoms with Crippen molar-refractivity contribution in [3.8, 4) is 0 Å². The Labute approximate surface area is 78.6 Å². The van der Waals surface area contributed by atoms with Crippen LogP contribution in [0.2, 0.25) is 0 Å². The summed E-state index contributed by atoms with van der Waals surface area (Å²) in [5, 5.41) is 2.91. The van der Waals surface area contributed by atoms with E-state index in [2.05, 4.69) is 5.32 Å². The van der Waals surface area contributed by atoms with E-state index >= 15 is 0 Å². The first kappa shape index (κ1) is 10.6. The van der Waals surface area contributed by atoms with Gasteiger partial charge in [0.1, 0.15) is 6.04 Å². The number of hydrogen-bond donors (Lipinski definition) is 1. The molecule has 1 aliphatic heterocycles. The highest BCUT2D eigenvalue weighted by atomic mass is 16.9. The van der Waals surface area contributed by atoms with Crippen molar-refractivity contribution in [3.63, 3.8) is 0 Å². The van der Waals surface area contributed by atoms with Crippen molar-refractivity contribution in [3.05, 3.63) is 0 Å². The predicted octanol–water partition coefficient (Wildman–Crippen LogP) is 0.662. The van der Waals surface area contributed by atoms with E-state index in [-0.39, 0.29) is 24.4 Å². The van der Waals surface area contributed by atoms with Crippen LogP contribution in [-0.2, 0) is 14.3 Å². The molecule has 1 heterocycles. The number of ketones is 1. The molecule has 4 nitrogen and oxygen atoms in total. The Balaban J connectivity index is 2.38. The molecule has 1 fully saturated rings. The summed E-state index contributed by atoms with van der Waals surface area (Å²) in [5.74, 6) is 0.155. The summed E-state index contributed by atoms with van der Waals surface area (Å²) in [6.07, 6.45) is 0.872. The third kappa shape index (κ3) is 2.49. The lowest BCUT2D eigenvalue weighted by Crippen LogP contribution is -2.55. The van der Waals surface area contributed by atoms with Gasteiger partial charge in [-0.3, -0.25) is 4.79 Å². The standard InChI is InChI=1S/C9H17NO3/c1-4-5-7(11)8(10-3)9-12-6(2)13-9/h6,8-10H,4-5H2,1-3H3. The van der Waals surface area contributed by atoms with Gasteiger partial charge in [-0.15, -0.1) is 0 Å². The number of Topliss-reactive ketones (excluding diaryl/α,β-unsaturated/α-hetero) is 1. The third-order valence-corrected chi connectivity index (χ3v) is 2.08. The summed E-state index contributed by atoms with van der Waals surface area (Å²) in [6, 6.07) is -0.309. The van der Waals surface area contributed by atoms with Gasteiger partial charge in [0.05, 0.1) is 0 Å². The molecule has 76 valence electrons. The summed E-state index contributed by atoms with van der Waals surface area (Å²) < 4.78 is 10.5. The first-order valence-corrected chi connectivity index (χ1v) is 4.70. The molecule has 0 amide bonds. The van der Waals surface area contributed by atoms with E-state index in [1.807, 2.05) is 13.8 Å². The molecule has 0 saturated carbocycles. The molecule has 13 heavy (non-hydrogen) atoms. The topological polar surface area (TPSA) is 47.6 Å². The maximum absolute atomic E-state index is 11.5. The second-order valence-corrected chi connectivity index (χ2v) is 3.19. The second-order valence-electron chi connectivity index (χ2n) is 3.19. The van der Waals surface area contributed by atoms with Gasteiger partial charge in [-0.1, -0.05) is 6.92 Å². The molecule has 1 atom stereocenters. The van der Waals surface area contributed by atoms with Gasteiger partial charge in [-0.05, 0) is 20.4 Å². The van der Waals surface area contributed by atoms with E-state index < -0.39 is 0 Å². The lowest BCUT2D eigenvalue weighted by molar-refractivity contribution is -0.379. The maximum Gasteiger partial charge on any atom is 0.186 e. The van der Waals surface area contributed by atoms with Gasteiger partial charge in [0.2, 0.25) is 0 Å². The van der Waals surface area contributed by atoms with Gasteiger partial charge in [-0.2, -0.15) is 0 Å². The predicted molar refractivity (Wildman–Crippen MR) is 48.2 cm³/mol. The van der Waals surface area contributed by atoms with E-state index in [9.17, 15) is 4.79 Å². The molecule has 1 aliphatic rings. The third-order valence-electron chi connectivity index (χ3n) is 2.08. The van der Waals surface area contributed by atoms with E-state index in [0.717, 1.165) is 6.42 Å². The number of rotatable bonds is 5. The number of carbonyl (C=O) groups is 1. The Morgan fingerprint density at radius 1 is 1.54 bits per heavy atom. The molecule has 0 spiro atoms. The number of nitrogens with one attached hydrogen (secondary N) is 1. The molecule has 0 bridgehead atoms. The van der Waals surface area contributed by atoms with Crippen molar-refractivity contribution in [2.45, 2.75) is 45.3 Å². The monoisotopic (exact) mass is 187 g/mol. The fraction of sp³-hybridized carbons (Fsp3) is 0.889. The molecule has 0 aliphatic carbocycles. The molecule has 0 aromatic carbocycles. The summed E-state index contributed by atoms with van der Waals surface area (Å²) in [4.78, 5) is 11.5. The molecule has 0 radical (unpaired) electrons. The quantitative estimate of drug-likeness (QED) is 0.687. The van der Waals surface area contributed by atoms with Crippen molar-refractivity contribution in [1.29, 1.82) is 0 Å². The summed E-state index contributed by atoms with van der Waals surface area (Å²) in [7, 11) is 1.74. The van der Waals surface area contributed by atoms with E-state index in [1.54, 1.807) is 7.05 Å². The van der Waals surface area contributed by atoms with Crippen LogP contribution in [0.4, 0.5) is 0 Å². The van der Waals surface area contributed by atoms with Crippen LogP contribution in [0.1, 0.15) is 26.7 Å². The highest BCUT2D eigenvalue weighted by molar-refractivity contribution is 5.84. The van der Waals surface area contributed by atoms with Crippen LogP contribution in [-0.4, -0.2) is 31.5 Å². The van der Waals surface area contributed by atoms with Gasteiger partial charge in [-0.25, -0.2) is 0 Å². The normalized spacial score (nSPS) is 29.5. The van der Waals surface area contributed by atoms with Crippen LogP contribution in [0, 0.1) is 0 Å². The minimum absolute atomic E-state index is 0.155. The van der Waals surface area contributed by atoms with Crippen molar-refractivity contribution in [1.82, 2.24) is 5.32 Å². The molecule has 0 aromatic rings. The van der Waals surface area contributed by atoms with E-state index in [1.165, 1.54) is 0 Å². The Morgan fingerprint density at radius 2 is 2.15 bits per heavy atom. The first-order valence-electron chi connectivity index (χ1n) is 4.70. The van der Waals surface area contributed by atoms with Crippen molar-refractivity contribution in [2.75, 3.05) is 7.05 Å². The molecular weight excluding hydrogens is 170 g/mol. The molecule has 1 N–H and O–H groups in total. The van der Waals surface area contributed by atoms with Crippen molar-refractivity contribution < 1.29 is 14.3 Å². The van der Waals surface area contributed by atoms with Gasteiger partial charge < -0.3 is 14.8 Å². The van der Waals surface area contributed by atoms with Gasteiger partial charge in [0.15, 0.2) is 18.4 Å². The van der Waals surface area contributed by atoms with Crippen LogP contribution >= 0.6 is 0 Å². The highest BCUT2D eigenvalue weighted by Crippen LogP contribution is 2.20. The van der Waals surface area contributed by atoms with Crippen molar-refractivity contribution in [2.24, 2.45) is 0 Å². The Morgan fingerprint density at radius 3 is 2.54 bits per heavy atom. The van der Waals surface area contributed by atoms with E-state index in [0.29, 0.717) is 6.42 Å². The lowest BCUT2D eigenvalue weighted by Gasteiger charge is -2.38. The average Bonchev–Trinajstić information content (AvgIpc) is 2.03. The zero-order valence-corrected chi connectivity index (χ0v) is 8.37.